The predicted octanol–water partition coefficient (Wildman–Crippen LogP) is 3.67. The van der Waals surface area contributed by atoms with Crippen LogP contribution >= 0.6 is 0 Å². The minimum atomic E-state index is -4.40. The van der Waals surface area contributed by atoms with Crippen LogP contribution in [0.15, 0.2) is 28.8 Å². The Morgan fingerprint density at radius 1 is 1.18 bits per heavy atom. The van der Waals surface area contributed by atoms with Crippen molar-refractivity contribution in [2.75, 3.05) is 51.4 Å². The number of carbonyl (C=O) groups excluding carboxylic acids is 1. The fourth-order valence-corrected chi connectivity index (χ4v) is 5.48. The normalized spacial score (nSPS) is 22.2. The fourth-order valence-electron chi connectivity index (χ4n) is 4.39. The first kappa shape index (κ1) is 24.6. The van der Waals surface area contributed by atoms with Crippen molar-refractivity contribution >= 4 is 16.7 Å². The summed E-state index contributed by atoms with van der Waals surface area (Å²) in [7, 11) is 1.17. The Balaban J connectivity index is 1.56. The third kappa shape index (κ3) is 5.77. The lowest BCUT2D eigenvalue weighted by Crippen LogP contribution is -2.52. The number of benzene rings is 1. The van der Waals surface area contributed by atoms with Gasteiger partial charge < -0.3 is 19.1 Å². The van der Waals surface area contributed by atoms with E-state index in [1.807, 2.05) is 0 Å². The average Bonchev–Trinajstić information content (AvgIpc) is 3.31. The van der Waals surface area contributed by atoms with Crippen molar-refractivity contribution in [1.29, 1.82) is 4.78 Å². The van der Waals surface area contributed by atoms with E-state index in [2.05, 4.69) is 10.1 Å². The smallest absolute Gasteiger partial charge is 0.384 e. The Bertz CT molecular complexity index is 1000. The summed E-state index contributed by atoms with van der Waals surface area (Å²) in [6.07, 6.45) is -3.32. The summed E-state index contributed by atoms with van der Waals surface area (Å²) in [6.45, 7) is 2.33. The van der Waals surface area contributed by atoms with Gasteiger partial charge in [0.25, 0.3) is 0 Å². The second-order valence-corrected chi connectivity index (χ2v) is 10.4. The van der Waals surface area contributed by atoms with Crippen molar-refractivity contribution in [2.24, 2.45) is 0 Å². The highest BCUT2D eigenvalue weighted by molar-refractivity contribution is 7.86. The monoisotopic (exact) mass is 499 g/mol. The highest BCUT2D eigenvalue weighted by atomic mass is 32.2. The van der Waals surface area contributed by atoms with Gasteiger partial charge in [-0.25, -0.2) is 4.79 Å². The molecule has 2 amide bonds. The van der Waals surface area contributed by atoms with Crippen LogP contribution in [0.1, 0.15) is 41.1 Å². The minimum absolute atomic E-state index is 0.113. The van der Waals surface area contributed by atoms with Gasteiger partial charge in [0.1, 0.15) is 0 Å². The van der Waals surface area contributed by atoms with E-state index in [0.717, 1.165) is 17.7 Å². The zero-order valence-electron chi connectivity index (χ0n) is 18.9. The highest BCUT2D eigenvalue weighted by Gasteiger charge is 2.37. The quantitative estimate of drug-likeness (QED) is 0.678. The van der Waals surface area contributed by atoms with E-state index in [4.69, 9.17) is 14.0 Å². The highest BCUT2D eigenvalue weighted by Crippen LogP contribution is 2.37. The predicted molar refractivity (Wildman–Crippen MR) is 120 cm³/mol. The number of urea groups is 1. The lowest BCUT2D eigenvalue weighted by molar-refractivity contribution is -0.137. The zero-order chi connectivity index (χ0) is 24.3. The maximum atomic E-state index is 13.3. The maximum Gasteiger partial charge on any atom is 0.416 e. The van der Waals surface area contributed by atoms with Gasteiger partial charge in [0.05, 0.1) is 18.1 Å². The molecule has 186 valence electrons. The molecule has 1 aromatic heterocycles. The number of ether oxygens (including phenoxy) is 1. The molecule has 4 rings (SSSR count). The summed E-state index contributed by atoms with van der Waals surface area (Å²) in [4.78, 5) is 21.3. The van der Waals surface area contributed by atoms with Crippen LogP contribution in [0, 0.1) is 4.78 Å². The molecule has 0 aliphatic carbocycles. The van der Waals surface area contributed by atoms with Crippen LogP contribution in [0.3, 0.4) is 0 Å². The number of hydrogen-bond donors (Lipinski definition) is 1. The first-order valence-electron chi connectivity index (χ1n) is 11.2. The molecule has 2 aliphatic heterocycles. The number of aromatic nitrogens is 2. The van der Waals surface area contributed by atoms with Gasteiger partial charge in [-0.2, -0.15) is 18.2 Å². The molecule has 2 atom stereocenters. The van der Waals surface area contributed by atoms with Crippen molar-refractivity contribution in [3.63, 3.8) is 0 Å². The van der Waals surface area contributed by atoms with E-state index < -0.39 is 22.4 Å². The largest absolute Gasteiger partial charge is 0.416 e. The molecule has 12 heteroatoms. The Labute approximate surface area is 198 Å². The number of halogens is 3. The molecule has 34 heavy (non-hydrogen) atoms. The molecule has 2 aromatic rings. The molecule has 2 saturated heterocycles. The number of amides is 2. The Hall–Kier alpha value is -2.47. The van der Waals surface area contributed by atoms with Crippen LogP contribution in [0.4, 0.5) is 18.0 Å². The topological polar surface area (TPSA) is 95.6 Å². The lowest BCUT2D eigenvalue weighted by Gasteiger charge is -2.40. The molecular weight excluding hydrogens is 471 g/mol. The SMILES string of the molecule is COCCc1noc(C2CC(c3ccc(C(F)(F)F)cc3)CN(C(=O)N3CCS(=N)CC3)C2)n1. The number of rotatable bonds is 5. The zero-order valence-corrected chi connectivity index (χ0v) is 19.7. The van der Waals surface area contributed by atoms with E-state index in [1.165, 1.54) is 12.1 Å². The van der Waals surface area contributed by atoms with E-state index in [-0.39, 0.29) is 17.9 Å². The standard InChI is InChI=1S/C22H28F3N5O3S/c1-32-9-6-19-27-20(33-28-19)17-12-16(15-2-4-18(5-3-15)22(23,24)25)13-30(14-17)21(31)29-7-10-34(26)11-8-29/h2-5,16-17,26H,6-14H2,1H3. The van der Waals surface area contributed by atoms with Gasteiger partial charge in [-0.15, -0.1) is 10.7 Å². The summed E-state index contributed by atoms with van der Waals surface area (Å²) in [6, 6.07) is 5.03. The number of nitrogens with one attached hydrogen (secondary N) is 1. The third-order valence-corrected chi connectivity index (χ3v) is 7.63. The molecule has 8 nitrogen and oxygen atoms in total. The first-order chi connectivity index (χ1) is 16.2. The number of alkyl halides is 3. The van der Waals surface area contributed by atoms with Gasteiger partial charge in [0, 0.05) is 57.1 Å². The Morgan fingerprint density at radius 2 is 1.85 bits per heavy atom. The van der Waals surface area contributed by atoms with Crippen molar-refractivity contribution in [3.8, 4) is 0 Å². The van der Waals surface area contributed by atoms with Crippen LogP contribution in [-0.4, -0.2) is 77.4 Å². The van der Waals surface area contributed by atoms with Crippen molar-refractivity contribution in [2.45, 2.75) is 30.9 Å². The van der Waals surface area contributed by atoms with Crippen LogP contribution < -0.4 is 0 Å². The van der Waals surface area contributed by atoms with E-state index in [9.17, 15) is 18.0 Å². The number of nitrogens with zero attached hydrogens (tertiary/aromatic N) is 4. The molecule has 0 saturated carbocycles. The number of carbonyl (C=O) groups is 1. The van der Waals surface area contributed by atoms with Gasteiger partial charge in [0.2, 0.25) is 5.89 Å². The number of methoxy groups -OCH3 is 1. The molecule has 1 aromatic carbocycles. The number of likely N-dealkylation sites (tertiary alicyclic amines) is 1. The van der Waals surface area contributed by atoms with Crippen LogP contribution in [0.5, 0.6) is 0 Å². The Kier molecular flexibility index (Phi) is 7.56. The van der Waals surface area contributed by atoms with Gasteiger partial charge >= 0.3 is 12.2 Å². The average molecular weight is 500 g/mol. The Morgan fingerprint density at radius 3 is 2.50 bits per heavy atom. The van der Waals surface area contributed by atoms with E-state index in [1.54, 1.807) is 16.9 Å². The minimum Gasteiger partial charge on any atom is -0.384 e. The summed E-state index contributed by atoms with van der Waals surface area (Å²) < 4.78 is 57.6. The third-order valence-electron chi connectivity index (χ3n) is 6.28. The lowest BCUT2D eigenvalue weighted by atomic mass is 9.84. The molecular formula is C22H28F3N5O3S. The summed E-state index contributed by atoms with van der Waals surface area (Å²) in [5, 5.41) is 4.01. The molecule has 2 unspecified atom stereocenters. The van der Waals surface area contributed by atoms with Crippen LogP contribution in [0.25, 0.3) is 0 Å². The van der Waals surface area contributed by atoms with Crippen molar-refractivity contribution in [1.82, 2.24) is 19.9 Å². The van der Waals surface area contributed by atoms with Crippen molar-refractivity contribution < 1.29 is 27.2 Å². The maximum absolute atomic E-state index is 13.3. The summed E-state index contributed by atoms with van der Waals surface area (Å²) >= 11 is 0. The molecule has 3 heterocycles. The van der Waals surface area contributed by atoms with Gasteiger partial charge in [-0.3, -0.25) is 4.78 Å². The second kappa shape index (κ2) is 10.4. The molecule has 0 radical (unpaired) electrons. The molecule has 2 aliphatic rings. The van der Waals surface area contributed by atoms with Gasteiger partial charge in [-0.1, -0.05) is 17.3 Å². The first-order valence-corrected chi connectivity index (χ1v) is 12.7. The summed E-state index contributed by atoms with van der Waals surface area (Å²) in [5.41, 5.74) is 0.0382. The van der Waals surface area contributed by atoms with Crippen LogP contribution in [-0.2, 0) is 28.0 Å². The molecule has 1 N–H and O–H groups in total. The number of piperidine rings is 1. The molecule has 2 fully saturated rings. The van der Waals surface area contributed by atoms with Gasteiger partial charge in [0.15, 0.2) is 5.82 Å². The van der Waals surface area contributed by atoms with Crippen molar-refractivity contribution in [3.05, 3.63) is 47.1 Å². The van der Waals surface area contributed by atoms with E-state index in [0.29, 0.717) is 68.8 Å². The van der Waals surface area contributed by atoms with Gasteiger partial charge in [-0.05, 0) is 24.1 Å². The molecule has 0 bridgehead atoms. The second-order valence-electron chi connectivity index (χ2n) is 8.62. The number of hydrogen-bond acceptors (Lipinski definition) is 6. The summed E-state index contributed by atoms with van der Waals surface area (Å²) in [5.74, 6) is 1.87. The fraction of sp³-hybridized carbons (Fsp3) is 0.591. The van der Waals surface area contributed by atoms with E-state index >= 15 is 0 Å². The van der Waals surface area contributed by atoms with Crippen LogP contribution in [0.2, 0.25) is 0 Å². The molecule has 0 spiro atoms.